The summed E-state index contributed by atoms with van der Waals surface area (Å²) in [6, 6.07) is 7.02. The molecule has 0 aromatic heterocycles. The summed E-state index contributed by atoms with van der Waals surface area (Å²) in [5.41, 5.74) is 0. The fourth-order valence-electron chi connectivity index (χ4n) is 3.03. The van der Waals surface area contributed by atoms with Crippen LogP contribution in [0.1, 0.15) is 39.5 Å². The molecule has 2 unspecified atom stereocenters. The van der Waals surface area contributed by atoms with Gasteiger partial charge in [0.25, 0.3) is 0 Å². The van der Waals surface area contributed by atoms with Crippen LogP contribution in [0.25, 0.3) is 0 Å². The molecule has 20 heavy (non-hydrogen) atoms. The SMILES string of the molecule is CC(C)C1CCCCC1NS(=O)(=O)c1ccccc1Br. The number of hydrogen-bond donors (Lipinski definition) is 1. The highest BCUT2D eigenvalue weighted by molar-refractivity contribution is 9.10. The normalized spacial score (nSPS) is 24.0. The van der Waals surface area contributed by atoms with Crippen LogP contribution < -0.4 is 4.72 Å². The maximum absolute atomic E-state index is 12.5. The number of halogens is 1. The van der Waals surface area contributed by atoms with E-state index in [0.717, 1.165) is 19.3 Å². The largest absolute Gasteiger partial charge is 0.241 e. The van der Waals surface area contributed by atoms with E-state index >= 15 is 0 Å². The lowest BCUT2D eigenvalue weighted by Gasteiger charge is -2.34. The van der Waals surface area contributed by atoms with Crippen molar-refractivity contribution in [1.82, 2.24) is 4.72 Å². The van der Waals surface area contributed by atoms with Gasteiger partial charge in [0.05, 0.1) is 4.90 Å². The predicted octanol–water partition coefficient (Wildman–Crippen LogP) is 3.94. The second-order valence-corrected chi connectivity index (χ2v) is 8.39. The Kier molecular flexibility index (Phi) is 5.26. The van der Waals surface area contributed by atoms with E-state index in [1.165, 1.54) is 6.42 Å². The Balaban J connectivity index is 2.21. The zero-order chi connectivity index (χ0) is 14.8. The zero-order valence-electron chi connectivity index (χ0n) is 12.0. The molecule has 2 rings (SSSR count). The Morgan fingerprint density at radius 1 is 1.20 bits per heavy atom. The standard InChI is InChI=1S/C15H22BrNO2S/c1-11(2)12-7-3-5-9-14(12)17-20(18,19)15-10-6-4-8-13(15)16/h4,6,8,10-12,14,17H,3,5,7,9H2,1-2H3. The highest BCUT2D eigenvalue weighted by atomic mass is 79.9. The molecule has 112 valence electrons. The average molecular weight is 360 g/mol. The van der Waals surface area contributed by atoms with Crippen LogP contribution >= 0.6 is 15.9 Å². The summed E-state index contributed by atoms with van der Waals surface area (Å²) in [7, 11) is -3.45. The van der Waals surface area contributed by atoms with E-state index in [-0.39, 0.29) is 6.04 Å². The fourth-order valence-corrected chi connectivity index (χ4v) is 5.35. The van der Waals surface area contributed by atoms with Crippen LogP contribution in [0, 0.1) is 11.8 Å². The molecule has 0 heterocycles. The van der Waals surface area contributed by atoms with Gasteiger partial charge in [0.2, 0.25) is 10.0 Å². The van der Waals surface area contributed by atoms with Crippen LogP contribution in [-0.2, 0) is 10.0 Å². The first kappa shape index (κ1) is 16.0. The van der Waals surface area contributed by atoms with Crippen molar-refractivity contribution in [1.29, 1.82) is 0 Å². The first-order chi connectivity index (χ1) is 9.42. The van der Waals surface area contributed by atoms with Crippen molar-refractivity contribution < 1.29 is 8.42 Å². The Labute approximate surface area is 130 Å². The third-order valence-electron chi connectivity index (χ3n) is 4.11. The highest BCUT2D eigenvalue weighted by Crippen LogP contribution is 2.31. The molecule has 1 aliphatic rings. The third-order valence-corrected chi connectivity index (χ3v) is 6.61. The maximum Gasteiger partial charge on any atom is 0.241 e. The molecule has 1 fully saturated rings. The minimum absolute atomic E-state index is 0.0563. The quantitative estimate of drug-likeness (QED) is 0.884. The molecule has 2 atom stereocenters. The van der Waals surface area contributed by atoms with Crippen LogP contribution in [0.2, 0.25) is 0 Å². The van der Waals surface area contributed by atoms with Crippen LogP contribution in [0.3, 0.4) is 0 Å². The van der Waals surface area contributed by atoms with Crippen molar-refractivity contribution in [2.24, 2.45) is 11.8 Å². The minimum atomic E-state index is -3.45. The number of nitrogens with one attached hydrogen (secondary N) is 1. The smallest absolute Gasteiger partial charge is 0.208 e. The summed E-state index contributed by atoms with van der Waals surface area (Å²) in [6.07, 6.45) is 4.36. The first-order valence-corrected chi connectivity index (χ1v) is 9.46. The number of hydrogen-bond acceptors (Lipinski definition) is 2. The summed E-state index contributed by atoms with van der Waals surface area (Å²) in [5, 5.41) is 0. The molecule has 1 aliphatic carbocycles. The van der Waals surface area contributed by atoms with E-state index in [0.29, 0.717) is 21.2 Å². The molecule has 0 radical (unpaired) electrons. The predicted molar refractivity (Wildman–Crippen MR) is 85.0 cm³/mol. The first-order valence-electron chi connectivity index (χ1n) is 7.18. The van der Waals surface area contributed by atoms with Crippen molar-refractivity contribution in [2.45, 2.75) is 50.5 Å². The monoisotopic (exact) mass is 359 g/mol. The van der Waals surface area contributed by atoms with Gasteiger partial charge in [-0.3, -0.25) is 0 Å². The summed E-state index contributed by atoms with van der Waals surface area (Å²) in [4.78, 5) is 0.327. The second kappa shape index (κ2) is 6.58. The van der Waals surface area contributed by atoms with E-state index in [2.05, 4.69) is 34.5 Å². The lowest BCUT2D eigenvalue weighted by molar-refractivity contribution is 0.226. The summed E-state index contributed by atoms with van der Waals surface area (Å²) in [6.45, 7) is 4.35. The number of benzene rings is 1. The van der Waals surface area contributed by atoms with Gasteiger partial charge in [-0.15, -0.1) is 0 Å². The molecule has 3 nitrogen and oxygen atoms in total. The van der Waals surface area contributed by atoms with Crippen LogP contribution in [0.4, 0.5) is 0 Å². The topological polar surface area (TPSA) is 46.2 Å². The molecule has 0 saturated heterocycles. The van der Waals surface area contributed by atoms with E-state index in [1.807, 2.05) is 6.07 Å². The highest BCUT2D eigenvalue weighted by Gasteiger charge is 2.31. The van der Waals surface area contributed by atoms with Gasteiger partial charge in [0.15, 0.2) is 0 Å². The van der Waals surface area contributed by atoms with Crippen LogP contribution in [0.5, 0.6) is 0 Å². The van der Waals surface area contributed by atoms with Crippen LogP contribution in [0.15, 0.2) is 33.6 Å². The van der Waals surface area contributed by atoms with Gasteiger partial charge in [-0.05, 0) is 52.7 Å². The van der Waals surface area contributed by atoms with Gasteiger partial charge in [-0.1, -0.05) is 38.8 Å². The van der Waals surface area contributed by atoms with Crippen molar-refractivity contribution in [2.75, 3.05) is 0 Å². The molecule has 0 bridgehead atoms. The lowest BCUT2D eigenvalue weighted by atomic mass is 9.78. The fraction of sp³-hybridized carbons (Fsp3) is 0.600. The molecule has 0 aliphatic heterocycles. The molecular weight excluding hydrogens is 338 g/mol. The summed E-state index contributed by atoms with van der Waals surface area (Å²) < 4.78 is 28.6. The molecule has 1 aromatic rings. The summed E-state index contributed by atoms with van der Waals surface area (Å²) >= 11 is 3.32. The Bertz CT molecular complexity index is 557. The van der Waals surface area contributed by atoms with Gasteiger partial charge in [0, 0.05) is 10.5 Å². The van der Waals surface area contributed by atoms with Crippen molar-refractivity contribution in [3.05, 3.63) is 28.7 Å². The maximum atomic E-state index is 12.5. The molecule has 5 heteroatoms. The molecule has 1 N–H and O–H groups in total. The van der Waals surface area contributed by atoms with Gasteiger partial charge in [0.1, 0.15) is 0 Å². The molecule has 1 saturated carbocycles. The Morgan fingerprint density at radius 2 is 1.85 bits per heavy atom. The van der Waals surface area contributed by atoms with Gasteiger partial charge in [-0.2, -0.15) is 0 Å². The number of rotatable bonds is 4. The Hall–Kier alpha value is -0.390. The van der Waals surface area contributed by atoms with Crippen molar-refractivity contribution in [3.63, 3.8) is 0 Å². The number of sulfonamides is 1. The van der Waals surface area contributed by atoms with Gasteiger partial charge < -0.3 is 0 Å². The van der Waals surface area contributed by atoms with E-state index < -0.39 is 10.0 Å². The second-order valence-electron chi connectivity index (χ2n) is 5.85. The minimum Gasteiger partial charge on any atom is -0.208 e. The van der Waals surface area contributed by atoms with E-state index in [4.69, 9.17) is 0 Å². The zero-order valence-corrected chi connectivity index (χ0v) is 14.4. The Morgan fingerprint density at radius 3 is 2.50 bits per heavy atom. The van der Waals surface area contributed by atoms with Gasteiger partial charge in [-0.25, -0.2) is 13.1 Å². The van der Waals surface area contributed by atoms with Gasteiger partial charge >= 0.3 is 0 Å². The average Bonchev–Trinajstić information content (AvgIpc) is 2.39. The molecular formula is C15H22BrNO2S. The third kappa shape index (κ3) is 3.62. The molecule has 0 spiro atoms. The van der Waals surface area contributed by atoms with Crippen LogP contribution in [-0.4, -0.2) is 14.5 Å². The molecule has 0 amide bonds. The van der Waals surface area contributed by atoms with Crippen molar-refractivity contribution >= 4 is 26.0 Å². The molecule has 1 aromatic carbocycles. The van der Waals surface area contributed by atoms with Crippen molar-refractivity contribution in [3.8, 4) is 0 Å². The lowest BCUT2D eigenvalue weighted by Crippen LogP contribution is -2.43. The van der Waals surface area contributed by atoms with E-state index in [1.54, 1.807) is 18.2 Å². The summed E-state index contributed by atoms with van der Waals surface area (Å²) in [5.74, 6) is 0.934. The van der Waals surface area contributed by atoms with E-state index in [9.17, 15) is 8.42 Å².